The molecule has 0 bridgehead atoms. The van der Waals surface area contributed by atoms with Crippen LogP contribution in [0, 0.1) is 0 Å². The summed E-state index contributed by atoms with van der Waals surface area (Å²) in [5.41, 5.74) is 12.2. The Bertz CT molecular complexity index is 271. The summed E-state index contributed by atoms with van der Waals surface area (Å²) in [5.74, 6) is 0. The second kappa shape index (κ2) is 6.49. The Kier molecular flexibility index (Phi) is 6.49. The topological polar surface area (TPSA) is 52.0 Å². The van der Waals surface area contributed by atoms with Crippen molar-refractivity contribution in [2.45, 2.75) is 12.5 Å². The first-order valence-corrected chi connectivity index (χ1v) is 4.80. The smallest absolute Gasteiger partial charge is 0.0424 e. The third-order valence-corrected chi connectivity index (χ3v) is 2.23. The van der Waals surface area contributed by atoms with Gasteiger partial charge in [0.15, 0.2) is 0 Å². The average molecular weight is 256 g/mol. The van der Waals surface area contributed by atoms with E-state index < -0.39 is 0 Å². The van der Waals surface area contributed by atoms with Gasteiger partial charge in [-0.25, -0.2) is 0 Å². The van der Waals surface area contributed by atoms with Crippen LogP contribution >= 0.6 is 35.6 Å². The van der Waals surface area contributed by atoms with Gasteiger partial charge in [-0.1, -0.05) is 23.2 Å². The van der Waals surface area contributed by atoms with Crippen LogP contribution in [0.3, 0.4) is 0 Å². The minimum Gasteiger partial charge on any atom is -0.330 e. The van der Waals surface area contributed by atoms with E-state index in [1.807, 2.05) is 12.1 Å². The molecule has 0 radical (unpaired) electrons. The zero-order chi connectivity index (χ0) is 9.84. The molecule has 0 spiro atoms. The van der Waals surface area contributed by atoms with Crippen LogP contribution < -0.4 is 11.5 Å². The lowest BCUT2D eigenvalue weighted by atomic mass is 10.1. The molecule has 0 amide bonds. The van der Waals surface area contributed by atoms with Crippen molar-refractivity contribution in [2.75, 3.05) is 6.54 Å². The minimum atomic E-state index is -0.0822. The summed E-state index contributed by atoms with van der Waals surface area (Å²) in [7, 11) is 0. The van der Waals surface area contributed by atoms with Gasteiger partial charge in [0.2, 0.25) is 0 Å². The Balaban J connectivity index is 0.00000169. The Morgan fingerprint density at radius 1 is 1.14 bits per heavy atom. The largest absolute Gasteiger partial charge is 0.330 e. The Hall–Kier alpha value is 0.01000. The van der Waals surface area contributed by atoms with E-state index in [0.717, 1.165) is 12.0 Å². The van der Waals surface area contributed by atoms with Gasteiger partial charge < -0.3 is 11.5 Å². The van der Waals surface area contributed by atoms with Crippen LogP contribution in [0.1, 0.15) is 18.0 Å². The molecule has 1 aromatic carbocycles. The number of halogens is 3. The molecule has 0 saturated heterocycles. The van der Waals surface area contributed by atoms with Crippen LogP contribution in [-0.4, -0.2) is 6.54 Å². The summed E-state index contributed by atoms with van der Waals surface area (Å²) in [6, 6.07) is 5.23. The number of hydrogen-bond donors (Lipinski definition) is 2. The number of rotatable bonds is 3. The van der Waals surface area contributed by atoms with Crippen molar-refractivity contribution in [1.29, 1.82) is 0 Å². The fourth-order valence-electron chi connectivity index (χ4n) is 1.14. The van der Waals surface area contributed by atoms with E-state index in [9.17, 15) is 0 Å². The van der Waals surface area contributed by atoms with Gasteiger partial charge in [0.1, 0.15) is 0 Å². The molecule has 0 aromatic heterocycles. The fourth-order valence-corrected chi connectivity index (χ4v) is 1.68. The molecule has 0 saturated carbocycles. The van der Waals surface area contributed by atoms with Crippen LogP contribution in [0.2, 0.25) is 10.0 Å². The number of benzene rings is 1. The Morgan fingerprint density at radius 2 is 1.64 bits per heavy atom. The normalized spacial score (nSPS) is 12.0. The van der Waals surface area contributed by atoms with Crippen molar-refractivity contribution in [3.63, 3.8) is 0 Å². The standard InChI is InChI=1S/C9H12Cl2N2.ClH/c10-7-3-6(4-8(11)5-7)9(13)1-2-12;/h3-5,9H,1-2,12-13H2;1H/t9-;/m1./s1. The monoisotopic (exact) mass is 254 g/mol. The van der Waals surface area contributed by atoms with Crippen molar-refractivity contribution in [2.24, 2.45) is 11.5 Å². The average Bonchev–Trinajstić information content (AvgIpc) is 2.03. The summed E-state index contributed by atoms with van der Waals surface area (Å²) in [4.78, 5) is 0. The third-order valence-electron chi connectivity index (χ3n) is 1.79. The number of nitrogens with two attached hydrogens (primary N) is 2. The summed E-state index contributed by atoms with van der Waals surface area (Å²) >= 11 is 11.6. The predicted molar refractivity (Wildman–Crippen MR) is 64.3 cm³/mol. The maximum Gasteiger partial charge on any atom is 0.0424 e. The number of hydrogen-bond acceptors (Lipinski definition) is 2. The maximum absolute atomic E-state index is 5.85. The molecular formula is C9H13Cl3N2. The van der Waals surface area contributed by atoms with Crippen molar-refractivity contribution in [1.82, 2.24) is 0 Å². The van der Waals surface area contributed by atoms with Crippen LogP contribution in [-0.2, 0) is 0 Å². The molecule has 0 aliphatic rings. The summed E-state index contributed by atoms with van der Waals surface area (Å²) in [6.45, 7) is 0.561. The van der Waals surface area contributed by atoms with Crippen LogP contribution in [0.4, 0.5) is 0 Å². The zero-order valence-corrected chi connectivity index (χ0v) is 9.87. The molecule has 1 aromatic rings. The van der Waals surface area contributed by atoms with E-state index >= 15 is 0 Å². The van der Waals surface area contributed by atoms with Gasteiger partial charge in [0, 0.05) is 16.1 Å². The minimum absolute atomic E-state index is 0. The molecule has 0 aliphatic heterocycles. The van der Waals surface area contributed by atoms with E-state index in [1.54, 1.807) is 6.07 Å². The van der Waals surface area contributed by atoms with Gasteiger partial charge in [0.25, 0.3) is 0 Å². The molecular weight excluding hydrogens is 242 g/mol. The summed E-state index contributed by atoms with van der Waals surface area (Å²) < 4.78 is 0. The van der Waals surface area contributed by atoms with Crippen LogP contribution in [0.5, 0.6) is 0 Å². The van der Waals surface area contributed by atoms with Crippen molar-refractivity contribution < 1.29 is 0 Å². The molecule has 0 heterocycles. The van der Waals surface area contributed by atoms with E-state index in [-0.39, 0.29) is 18.4 Å². The fraction of sp³-hybridized carbons (Fsp3) is 0.333. The van der Waals surface area contributed by atoms with E-state index in [1.165, 1.54) is 0 Å². The molecule has 4 N–H and O–H groups in total. The zero-order valence-electron chi connectivity index (χ0n) is 7.54. The molecule has 2 nitrogen and oxygen atoms in total. The third kappa shape index (κ3) is 4.03. The van der Waals surface area contributed by atoms with Gasteiger partial charge in [-0.3, -0.25) is 0 Å². The van der Waals surface area contributed by atoms with Gasteiger partial charge in [-0.15, -0.1) is 12.4 Å². The van der Waals surface area contributed by atoms with Gasteiger partial charge in [0.05, 0.1) is 0 Å². The van der Waals surface area contributed by atoms with Crippen LogP contribution in [0.25, 0.3) is 0 Å². The quantitative estimate of drug-likeness (QED) is 0.873. The van der Waals surface area contributed by atoms with Crippen molar-refractivity contribution in [3.05, 3.63) is 33.8 Å². The second-order valence-corrected chi connectivity index (χ2v) is 3.76. The van der Waals surface area contributed by atoms with Crippen molar-refractivity contribution in [3.8, 4) is 0 Å². The molecule has 0 aliphatic carbocycles. The van der Waals surface area contributed by atoms with Crippen molar-refractivity contribution >= 4 is 35.6 Å². The predicted octanol–water partition coefficient (Wildman–Crippen LogP) is 2.76. The van der Waals surface area contributed by atoms with Crippen LogP contribution in [0.15, 0.2) is 18.2 Å². The highest BCUT2D eigenvalue weighted by Gasteiger charge is 2.06. The summed E-state index contributed by atoms with van der Waals surface area (Å²) in [6.07, 6.45) is 0.733. The molecule has 1 rings (SSSR count). The van der Waals surface area contributed by atoms with Gasteiger partial charge >= 0.3 is 0 Å². The first-order chi connectivity index (χ1) is 6.13. The molecule has 80 valence electrons. The SMILES string of the molecule is Cl.NCC[C@@H](N)c1cc(Cl)cc(Cl)c1. The first-order valence-electron chi connectivity index (χ1n) is 4.05. The Morgan fingerprint density at radius 3 is 2.07 bits per heavy atom. The molecule has 1 atom stereocenters. The highest BCUT2D eigenvalue weighted by molar-refractivity contribution is 6.34. The van der Waals surface area contributed by atoms with Gasteiger partial charge in [-0.2, -0.15) is 0 Å². The lowest BCUT2D eigenvalue weighted by Crippen LogP contribution is -2.15. The van der Waals surface area contributed by atoms with E-state index in [2.05, 4.69) is 0 Å². The van der Waals surface area contributed by atoms with E-state index in [4.69, 9.17) is 34.7 Å². The lowest BCUT2D eigenvalue weighted by molar-refractivity contribution is 0.661. The summed E-state index contributed by atoms with van der Waals surface area (Å²) in [5, 5.41) is 1.21. The second-order valence-electron chi connectivity index (χ2n) is 2.89. The molecule has 5 heteroatoms. The Labute approximate surface area is 100.0 Å². The maximum atomic E-state index is 5.85. The van der Waals surface area contributed by atoms with Gasteiger partial charge in [-0.05, 0) is 36.7 Å². The first kappa shape index (κ1) is 14.0. The van der Waals surface area contributed by atoms with E-state index in [0.29, 0.717) is 16.6 Å². The molecule has 14 heavy (non-hydrogen) atoms. The lowest BCUT2D eigenvalue weighted by Gasteiger charge is -2.11. The highest BCUT2D eigenvalue weighted by Crippen LogP contribution is 2.23. The molecule has 0 unspecified atom stereocenters. The molecule has 0 fully saturated rings. The highest BCUT2D eigenvalue weighted by atomic mass is 35.5.